The molecule has 9 nitrogen and oxygen atoms in total. The third-order valence-corrected chi connectivity index (χ3v) is 11.8. The highest BCUT2D eigenvalue weighted by Gasteiger charge is 2.38. The van der Waals surface area contributed by atoms with E-state index in [4.69, 9.17) is 21.1 Å². The monoisotopic (exact) mass is 657 g/mol. The van der Waals surface area contributed by atoms with Crippen LogP contribution in [0.3, 0.4) is 0 Å². The van der Waals surface area contributed by atoms with E-state index in [2.05, 4.69) is 14.9 Å². The van der Waals surface area contributed by atoms with Gasteiger partial charge in [0.25, 0.3) is 5.91 Å². The number of likely N-dealkylation sites (N-methyl/N-ethyl adjacent to an activating group) is 1. The highest BCUT2D eigenvalue weighted by Crippen LogP contribution is 2.42. The number of fused-ring (bicyclic) bond motifs is 3. The van der Waals surface area contributed by atoms with Crippen LogP contribution in [-0.4, -0.2) is 58.3 Å². The lowest BCUT2D eigenvalue weighted by Crippen LogP contribution is -2.45. The first-order chi connectivity index (χ1) is 21.6. The first-order valence-electron chi connectivity index (χ1n) is 15.9. The largest absolute Gasteiger partial charge is 0.487 e. The number of nitrogens with one attached hydrogen (secondary N) is 2. The number of aryl methyl sites for hydroxylation is 1. The molecule has 3 aliphatic rings. The molecule has 5 rings (SSSR count). The maximum atomic E-state index is 13.4. The van der Waals surface area contributed by atoms with E-state index in [0.29, 0.717) is 36.3 Å². The van der Waals surface area contributed by atoms with Gasteiger partial charge in [0, 0.05) is 30.7 Å². The fraction of sp³-hybridized carbons (Fsp3) is 0.529. The van der Waals surface area contributed by atoms with Gasteiger partial charge in [-0.05, 0) is 105 Å². The third kappa shape index (κ3) is 8.02. The van der Waals surface area contributed by atoms with E-state index < -0.39 is 21.2 Å². The van der Waals surface area contributed by atoms with Gasteiger partial charge in [-0.1, -0.05) is 36.7 Å². The van der Waals surface area contributed by atoms with Crippen LogP contribution in [0.15, 0.2) is 48.6 Å². The molecule has 2 aromatic rings. The average Bonchev–Trinajstić information content (AvgIpc) is 3.03. The second-order valence-corrected chi connectivity index (χ2v) is 15.0. The second kappa shape index (κ2) is 14.6. The van der Waals surface area contributed by atoms with Crippen LogP contribution in [0.5, 0.6) is 5.75 Å². The molecule has 2 heterocycles. The van der Waals surface area contributed by atoms with E-state index in [9.17, 15) is 18.0 Å². The summed E-state index contributed by atoms with van der Waals surface area (Å²) >= 11 is 6.33. The zero-order valence-corrected chi connectivity index (χ0v) is 27.8. The molecule has 0 aromatic heterocycles. The Morgan fingerprint density at radius 1 is 1.13 bits per heavy atom. The summed E-state index contributed by atoms with van der Waals surface area (Å²) in [6, 6.07) is 11.0. The van der Waals surface area contributed by atoms with E-state index in [1.807, 2.05) is 37.3 Å². The molecule has 11 heteroatoms. The summed E-state index contributed by atoms with van der Waals surface area (Å²) in [5, 5.41) is 2.51. The predicted molar refractivity (Wildman–Crippen MR) is 176 cm³/mol. The number of amides is 2. The fourth-order valence-electron chi connectivity index (χ4n) is 6.39. The lowest BCUT2D eigenvalue weighted by atomic mass is 9.70. The van der Waals surface area contributed by atoms with Crippen LogP contribution in [0.1, 0.15) is 67.4 Å². The van der Waals surface area contributed by atoms with E-state index in [-0.39, 0.29) is 36.0 Å². The van der Waals surface area contributed by atoms with Crippen LogP contribution in [0.4, 0.5) is 5.69 Å². The zero-order valence-electron chi connectivity index (χ0n) is 26.3. The molecule has 0 saturated heterocycles. The number of halogens is 1. The van der Waals surface area contributed by atoms with Crippen molar-refractivity contribution in [1.82, 2.24) is 10.0 Å². The number of nitrogens with zero attached hydrogens (tertiary/aromatic N) is 1. The highest BCUT2D eigenvalue weighted by atomic mass is 35.5. The number of benzene rings is 2. The van der Waals surface area contributed by atoms with E-state index >= 15 is 0 Å². The lowest BCUT2D eigenvalue weighted by Gasteiger charge is -2.44. The van der Waals surface area contributed by atoms with Gasteiger partial charge in [-0.25, -0.2) is 13.1 Å². The SMILES string of the molecule is CNC(=O)CO[C@H]1/C=C/C[C@H](C)[C@@H](C)S(=O)(=O)NC(=O)c2ccc3c(c2)N(CCCCc2cc(Cl)ccc2CO3)C[C@@H]2CC[C@H]21. The van der Waals surface area contributed by atoms with Crippen LogP contribution >= 0.6 is 11.6 Å². The molecule has 2 amide bonds. The molecule has 0 unspecified atom stereocenters. The summed E-state index contributed by atoms with van der Waals surface area (Å²) in [6.45, 7) is 5.21. The molecule has 2 bridgehead atoms. The normalized spacial score (nSPS) is 27.7. The molecule has 244 valence electrons. The van der Waals surface area contributed by atoms with Crippen LogP contribution < -0.4 is 19.7 Å². The van der Waals surface area contributed by atoms with Gasteiger partial charge in [-0.3, -0.25) is 9.59 Å². The van der Waals surface area contributed by atoms with Crippen molar-refractivity contribution in [3.8, 4) is 5.75 Å². The summed E-state index contributed by atoms with van der Waals surface area (Å²) in [5.74, 6) is 0.00569. The number of ether oxygens (including phenoxy) is 2. The van der Waals surface area contributed by atoms with Crippen molar-refractivity contribution >= 4 is 39.1 Å². The number of hydrogen-bond acceptors (Lipinski definition) is 7. The first kappa shape index (κ1) is 33.3. The highest BCUT2D eigenvalue weighted by molar-refractivity contribution is 7.90. The first-order valence-corrected chi connectivity index (χ1v) is 17.8. The summed E-state index contributed by atoms with van der Waals surface area (Å²) < 4.78 is 41.5. The maximum absolute atomic E-state index is 13.4. The Morgan fingerprint density at radius 2 is 1.96 bits per heavy atom. The van der Waals surface area contributed by atoms with Crippen molar-refractivity contribution in [2.45, 2.75) is 70.3 Å². The summed E-state index contributed by atoms with van der Waals surface area (Å²) in [6.07, 6.45) is 8.86. The van der Waals surface area contributed by atoms with E-state index in [1.165, 1.54) is 0 Å². The molecular formula is C34H44ClN3O6S. The zero-order chi connectivity index (χ0) is 32.1. The molecule has 0 radical (unpaired) electrons. The molecule has 5 atom stereocenters. The van der Waals surface area contributed by atoms with Crippen molar-refractivity contribution in [2.75, 3.05) is 31.6 Å². The smallest absolute Gasteiger partial charge is 0.264 e. The predicted octanol–water partition coefficient (Wildman–Crippen LogP) is 5.26. The number of carbonyl (C=O) groups excluding carboxylic acids is 2. The number of rotatable bonds is 3. The van der Waals surface area contributed by atoms with Crippen molar-refractivity contribution in [2.24, 2.45) is 17.8 Å². The second-order valence-electron chi connectivity index (χ2n) is 12.6. The van der Waals surface area contributed by atoms with E-state index in [1.54, 1.807) is 32.2 Å². The summed E-state index contributed by atoms with van der Waals surface area (Å²) in [4.78, 5) is 27.8. The molecule has 0 spiro atoms. The Balaban J connectivity index is 1.53. The van der Waals surface area contributed by atoms with Crippen LogP contribution in [0, 0.1) is 17.8 Å². The van der Waals surface area contributed by atoms with Gasteiger partial charge in [-0.15, -0.1) is 0 Å². The van der Waals surface area contributed by atoms with Crippen LogP contribution in [0.25, 0.3) is 0 Å². The van der Waals surface area contributed by atoms with Gasteiger partial charge in [0.05, 0.1) is 17.0 Å². The quantitative estimate of drug-likeness (QED) is 0.433. The lowest BCUT2D eigenvalue weighted by molar-refractivity contribution is -0.128. The molecule has 1 fully saturated rings. The fourth-order valence-corrected chi connectivity index (χ4v) is 7.87. The standard InChI is InChI=1S/C34H44ClN3O6S/c1-22-7-6-9-31(44-21-33(39)36-3)29-14-11-26(29)19-38-16-5-4-8-24-17-28(35)13-10-27(24)20-43-32-15-12-25(18-30(32)38)34(40)37-45(41,42)23(22)2/h6,9-10,12-13,15,17-18,22-23,26,29,31H,4-5,7-8,11,14,16,19-21H2,1-3H3,(H,36,39)(H,37,40)/b9-6+/t22-,23+,26-,29+,31-/m0/s1. The van der Waals surface area contributed by atoms with Gasteiger partial charge in [0.15, 0.2) is 0 Å². The van der Waals surface area contributed by atoms with Gasteiger partial charge < -0.3 is 19.7 Å². The topological polar surface area (TPSA) is 114 Å². The van der Waals surface area contributed by atoms with Gasteiger partial charge in [-0.2, -0.15) is 0 Å². The Bertz CT molecular complexity index is 1530. The Kier molecular flexibility index (Phi) is 10.8. The van der Waals surface area contributed by atoms with Crippen molar-refractivity contribution in [3.63, 3.8) is 0 Å². The molecule has 1 aliphatic carbocycles. The molecule has 2 aromatic carbocycles. The third-order valence-electron chi connectivity index (χ3n) is 9.64. The number of sulfonamides is 1. The Hall–Kier alpha value is -3.08. The molecule has 1 saturated carbocycles. The van der Waals surface area contributed by atoms with Crippen LogP contribution in [0.2, 0.25) is 5.02 Å². The van der Waals surface area contributed by atoms with Crippen molar-refractivity contribution < 1.29 is 27.5 Å². The average molecular weight is 658 g/mol. The number of hydrogen-bond donors (Lipinski definition) is 2. The minimum atomic E-state index is -3.96. The minimum Gasteiger partial charge on any atom is -0.487 e. The summed E-state index contributed by atoms with van der Waals surface area (Å²) in [5.41, 5.74) is 3.24. The number of anilines is 1. The Labute approximate surface area is 271 Å². The van der Waals surface area contributed by atoms with E-state index in [0.717, 1.165) is 55.5 Å². The van der Waals surface area contributed by atoms with Gasteiger partial charge in [0.2, 0.25) is 15.9 Å². The molecule has 45 heavy (non-hydrogen) atoms. The Morgan fingerprint density at radius 3 is 2.71 bits per heavy atom. The molecule has 2 aliphatic heterocycles. The number of allylic oxidation sites excluding steroid dienone is 1. The van der Waals surface area contributed by atoms with Gasteiger partial charge in [0.1, 0.15) is 19.0 Å². The maximum Gasteiger partial charge on any atom is 0.264 e. The molecule has 2 N–H and O–H groups in total. The molecular weight excluding hydrogens is 614 g/mol. The minimum absolute atomic E-state index is 0.0462. The van der Waals surface area contributed by atoms with Gasteiger partial charge >= 0.3 is 0 Å². The number of carbonyl (C=O) groups is 2. The van der Waals surface area contributed by atoms with Crippen molar-refractivity contribution in [3.05, 3.63) is 70.3 Å². The van der Waals surface area contributed by atoms with Crippen molar-refractivity contribution in [1.29, 1.82) is 0 Å². The van der Waals surface area contributed by atoms with Crippen LogP contribution in [-0.2, 0) is 32.6 Å². The summed E-state index contributed by atoms with van der Waals surface area (Å²) in [7, 11) is -2.37.